The fourth-order valence-electron chi connectivity index (χ4n) is 1.17. The molecular weight excluding hydrogens is 247 g/mol. The second-order valence-corrected chi connectivity index (χ2v) is 4.11. The van der Waals surface area contributed by atoms with E-state index in [0.29, 0.717) is 6.54 Å². The molecule has 14 heavy (non-hydrogen) atoms. The van der Waals surface area contributed by atoms with Gasteiger partial charge in [0.15, 0.2) is 0 Å². The molecule has 0 aromatic heterocycles. The molecule has 1 atom stereocenters. The largest absolute Gasteiger partial charge is 0.372 e. The molecule has 1 rings (SSSR count). The van der Waals surface area contributed by atoms with Crippen LogP contribution in [-0.2, 0) is 0 Å². The number of anilines is 1. The Bertz CT molecular complexity index is 276. The van der Waals surface area contributed by atoms with Crippen LogP contribution in [0.15, 0.2) is 28.7 Å². The van der Waals surface area contributed by atoms with Crippen molar-refractivity contribution in [2.45, 2.75) is 6.17 Å². The zero-order valence-electron chi connectivity index (χ0n) is 8.08. The Labute approximate surface area is 92.0 Å². The minimum absolute atomic E-state index is 0.0703. The van der Waals surface area contributed by atoms with Crippen LogP contribution in [0.25, 0.3) is 0 Å². The van der Waals surface area contributed by atoms with Crippen LogP contribution < -0.4 is 10.6 Å². The Kier molecular flexibility index (Phi) is 4.35. The molecule has 0 spiro atoms. The molecule has 0 saturated heterocycles. The van der Waals surface area contributed by atoms with E-state index in [9.17, 15) is 4.39 Å². The molecule has 2 N–H and O–H groups in total. The lowest BCUT2D eigenvalue weighted by Crippen LogP contribution is -2.31. The molecule has 0 aliphatic heterocycles. The first-order valence-electron chi connectivity index (χ1n) is 4.44. The summed E-state index contributed by atoms with van der Waals surface area (Å²) in [6.07, 6.45) is -0.969. The van der Waals surface area contributed by atoms with Crippen LogP contribution in [0.5, 0.6) is 0 Å². The third kappa shape index (κ3) is 3.27. The molecule has 0 aliphatic carbocycles. The van der Waals surface area contributed by atoms with Crippen molar-refractivity contribution in [3.63, 3.8) is 0 Å². The maximum absolute atomic E-state index is 13.0. The predicted octanol–water partition coefficient (Wildman–Crippen LogP) is 2.18. The Morgan fingerprint density at radius 1 is 1.43 bits per heavy atom. The van der Waals surface area contributed by atoms with Crippen LogP contribution in [0.1, 0.15) is 0 Å². The number of benzene rings is 1. The predicted molar refractivity (Wildman–Crippen MR) is 61.4 cm³/mol. The van der Waals surface area contributed by atoms with Crippen LogP contribution in [0, 0.1) is 0 Å². The molecule has 0 saturated carbocycles. The molecule has 0 aliphatic rings. The number of rotatable bonds is 4. The third-order valence-corrected chi connectivity index (χ3v) is 2.52. The third-order valence-electron chi connectivity index (χ3n) is 2.00. The van der Waals surface area contributed by atoms with Crippen molar-refractivity contribution in [2.75, 3.05) is 25.0 Å². The van der Waals surface area contributed by atoms with Gasteiger partial charge in [0.2, 0.25) is 0 Å². The van der Waals surface area contributed by atoms with Gasteiger partial charge in [-0.15, -0.1) is 0 Å². The van der Waals surface area contributed by atoms with Gasteiger partial charge in [-0.05, 0) is 24.3 Å². The van der Waals surface area contributed by atoms with Crippen molar-refractivity contribution >= 4 is 21.6 Å². The number of hydrogen-bond acceptors (Lipinski definition) is 2. The van der Waals surface area contributed by atoms with Gasteiger partial charge in [-0.2, -0.15) is 0 Å². The SMILES string of the molecule is CN(CC(F)CN)c1ccc(Br)cc1. The summed E-state index contributed by atoms with van der Waals surface area (Å²) in [5.74, 6) is 0. The quantitative estimate of drug-likeness (QED) is 0.900. The van der Waals surface area contributed by atoms with E-state index in [0.717, 1.165) is 10.2 Å². The monoisotopic (exact) mass is 260 g/mol. The number of alkyl halides is 1. The van der Waals surface area contributed by atoms with Gasteiger partial charge >= 0.3 is 0 Å². The van der Waals surface area contributed by atoms with E-state index in [4.69, 9.17) is 5.73 Å². The Hall–Kier alpha value is -0.610. The second kappa shape index (κ2) is 5.32. The minimum atomic E-state index is -0.969. The average Bonchev–Trinajstić information content (AvgIpc) is 2.18. The molecule has 0 amide bonds. The van der Waals surface area contributed by atoms with Crippen LogP contribution >= 0.6 is 15.9 Å². The fourth-order valence-corrected chi connectivity index (χ4v) is 1.44. The first kappa shape index (κ1) is 11.5. The van der Waals surface area contributed by atoms with Gasteiger partial charge in [-0.25, -0.2) is 4.39 Å². The topological polar surface area (TPSA) is 29.3 Å². The van der Waals surface area contributed by atoms with E-state index in [2.05, 4.69) is 15.9 Å². The lowest BCUT2D eigenvalue weighted by Gasteiger charge is -2.20. The van der Waals surface area contributed by atoms with Gasteiger partial charge in [0.1, 0.15) is 6.17 Å². The highest BCUT2D eigenvalue weighted by Gasteiger charge is 2.08. The zero-order chi connectivity index (χ0) is 10.6. The van der Waals surface area contributed by atoms with Gasteiger partial charge in [0.25, 0.3) is 0 Å². The molecule has 2 nitrogen and oxygen atoms in total. The molecule has 1 unspecified atom stereocenters. The van der Waals surface area contributed by atoms with Crippen molar-refractivity contribution in [3.05, 3.63) is 28.7 Å². The van der Waals surface area contributed by atoms with E-state index < -0.39 is 6.17 Å². The van der Waals surface area contributed by atoms with Crippen molar-refractivity contribution in [1.29, 1.82) is 0 Å². The average molecular weight is 261 g/mol. The summed E-state index contributed by atoms with van der Waals surface area (Å²) in [4.78, 5) is 1.85. The van der Waals surface area contributed by atoms with E-state index in [1.807, 2.05) is 36.2 Å². The standard InChI is InChI=1S/C10H14BrFN2/c1-14(7-9(12)6-13)10-4-2-8(11)3-5-10/h2-5,9H,6-7,13H2,1H3. The van der Waals surface area contributed by atoms with Crippen LogP contribution in [0.3, 0.4) is 0 Å². The minimum Gasteiger partial charge on any atom is -0.372 e. The van der Waals surface area contributed by atoms with E-state index in [1.54, 1.807) is 0 Å². The van der Waals surface area contributed by atoms with Crippen LogP contribution in [0.2, 0.25) is 0 Å². The second-order valence-electron chi connectivity index (χ2n) is 3.19. The first-order chi connectivity index (χ1) is 6.63. The highest BCUT2D eigenvalue weighted by molar-refractivity contribution is 9.10. The summed E-state index contributed by atoms with van der Waals surface area (Å²) in [6, 6.07) is 7.74. The molecular formula is C10H14BrFN2. The summed E-state index contributed by atoms with van der Waals surface area (Å²) in [5, 5.41) is 0. The summed E-state index contributed by atoms with van der Waals surface area (Å²) in [7, 11) is 1.85. The molecule has 0 bridgehead atoms. The number of nitrogens with zero attached hydrogens (tertiary/aromatic N) is 1. The number of halogens is 2. The van der Waals surface area contributed by atoms with Gasteiger partial charge in [0.05, 0.1) is 6.54 Å². The zero-order valence-corrected chi connectivity index (χ0v) is 9.67. The lowest BCUT2D eigenvalue weighted by molar-refractivity contribution is 0.346. The molecule has 78 valence electrons. The maximum atomic E-state index is 13.0. The lowest BCUT2D eigenvalue weighted by atomic mass is 10.3. The van der Waals surface area contributed by atoms with Gasteiger partial charge in [0, 0.05) is 23.8 Å². The highest BCUT2D eigenvalue weighted by atomic mass is 79.9. The molecule has 4 heteroatoms. The summed E-state index contributed by atoms with van der Waals surface area (Å²) in [5.41, 5.74) is 6.20. The highest BCUT2D eigenvalue weighted by Crippen LogP contribution is 2.17. The molecule has 0 radical (unpaired) electrons. The molecule has 0 heterocycles. The van der Waals surface area contributed by atoms with Gasteiger partial charge < -0.3 is 10.6 Å². The van der Waals surface area contributed by atoms with E-state index >= 15 is 0 Å². The van der Waals surface area contributed by atoms with Crippen LogP contribution in [0.4, 0.5) is 10.1 Å². The van der Waals surface area contributed by atoms with Crippen molar-refractivity contribution in [1.82, 2.24) is 0 Å². The molecule has 1 aromatic rings. The van der Waals surface area contributed by atoms with Crippen LogP contribution in [-0.4, -0.2) is 26.3 Å². The van der Waals surface area contributed by atoms with Crippen molar-refractivity contribution in [2.24, 2.45) is 5.73 Å². The number of hydrogen-bond donors (Lipinski definition) is 1. The summed E-state index contributed by atoms with van der Waals surface area (Å²) >= 11 is 3.35. The Balaban J connectivity index is 2.60. The molecule has 1 aromatic carbocycles. The van der Waals surface area contributed by atoms with Gasteiger partial charge in [-0.1, -0.05) is 15.9 Å². The van der Waals surface area contributed by atoms with E-state index in [1.165, 1.54) is 0 Å². The summed E-state index contributed by atoms with van der Waals surface area (Å²) < 4.78 is 14.0. The fraction of sp³-hybridized carbons (Fsp3) is 0.400. The van der Waals surface area contributed by atoms with Crippen molar-refractivity contribution < 1.29 is 4.39 Å². The van der Waals surface area contributed by atoms with Crippen molar-refractivity contribution in [3.8, 4) is 0 Å². The maximum Gasteiger partial charge on any atom is 0.130 e. The number of nitrogens with two attached hydrogens (primary N) is 1. The first-order valence-corrected chi connectivity index (χ1v) is 5.23. The normalized spacial score (nSPS) is 12.6. The Morgan fingerprint density at radius 3 is 2.50 bits per heavy atom. The van der Waals surface area contributed by atoms with Gasteiger partial charge in [-0.3, -0.25) is 0 Å². The summed E-state index contributed by atoms with van der Waals surface area (Å²) in [6.45, 7) is 0.402. The smallest absolute Gasteiger partial charge is 0.130 e. The Morgan fingerprint density at radius 2 is 2.00 bits per heavy atom. The van der Waals surface area contributed by atoms with E-state index in [-0.39, 0.29) is 6.54 Å². The molecule has 0 fully saturated rings.